The second kappa shape index (κ2) is 8.36. The summed E-state index contributed by atoms with van der Waals surface area (Å²) in [6.45, 7) is 3.90. The fraction of sp³-hybridized carbons (Fsp3) is 0.357. The number of thioether (sulfide) groups is 1. The van der Waals surface area contributed by atoms with Gasteiger partial charge in [-0.2, -0.15) is 0 Å². The van der Waals surface area contributed by atoms with E-state index in [0.717, 1.165) is 22.1 Å². The first-order valence-electron chi connectivity index (χ1n) is 6.73. The molecule has 2 rings (SSSR count). The molecule has 0 fully saturated rings. The molecule has 0 spiro atoms. The maximum Gasteiger partial charge on any atom is 0.264 e. The number of carbonyl (C=O) groups excluding carboxylic acids is 1. The molecule has 1 N–H and O–H groups in total. The Balaban J connectivity index is 1.82. The summed E-state index contributed by atoms with van der Waals surface area (Å²) in [4.78, 5) is 11.8. The van der Waals surface area contributed by atoms with E-state index in [1.165, 1.54) is 11.3 Å². The van der Waals surface area contributed by atoms with Crippen LogP contribution in [-0.4, -0.2) is 28.5 Å². The molecule has 2 aromatic rings. The van der Waals surface area contributed by atoms with Crippen molar-refractivity contribution < 1.29 is 9.53 Å². The summed E-state index contributed by atoms with van der Waals surface area (Å²) in [5.74, 6) is 1.33. The predicted octanol–water partition coefficient (Wildman–Crippen LogP) is 4.02. The van der Waals surface area contributed by atoms with Gasteiger partial charge in [0.15, 0.2) is 10.9 Å². The summed E-state index contributed by atoms with van der Waals surface area (Å²) in [6.07, 6.45) is 1.07. The molecule has 118 valence electrons. The summed E-state index contributed by atoms with van der Waals surface area (Å²) < 4.78 is 6.28. The number of hydrogen-bond acceptors (Lipinski definition) is 6. The van der Waals surface area contributed by atoms with Gasteiger partial charge >= 0.3 is 0 Å². The van der Waals surface area contributed by atoms with Crippen molar-refractivity contribution in [2.24, 2.45) is 0 Å². The Hall–Kier alpha value is -1.31. The van der Waals surface area contributed by atoms with Gasteiger partial charge in [0, 0.05) is 10.8 Å². The molecule has 0 radical (unpaired) electrons. The summed E-state index contributed by atoms with van der Waals surface area (Å²) in [5, 5.41) is 11.8. The highest BCUT2D eigenvalue weighted by Gasteiger charge is 2.09. The van der Waals surface area contributed by atoms with Crippen LogP contribution in [-0.2, 0) is 4.79 Å². The first-order chi connectivity index (χ1) is 10.6. The van der Waals surface area contributed by atoms with Crippen molar-refractivity contribution in [2.45, 2.75) is 24.6 Å². The number of benzene rings is 1. The predicted molar refractivity (Wildman–Crippen MR) is 91.2 cm³/mol. The Bertz CT molecular complexity index is 649. The van der Waals surface area contributed by atoms with Gasteiger partial charge in [-0.25, -0.2) is 0 Å². The van der Waals surface area contributed by atoms with E-state index in [0.29, 0.717) is 15.9 Å². The fourth-order valence-corrected chi connectivity index (χ4v) is 3.33. The van der Waals surface area contributed by atoms with Crippen LogP contribution in [0.3, 0.4) is 0 Å². The fourth-order valence-electron chi connectivity index (χ4n) is 1.52. The van der Waals surface area contributed by atoms with Gasteiger partial charge < -0.3 is 4.74 Å². The highest BCUT2D eigenvalue weighted by atomic mass is 35.5. The van der Waals surface area contributed by atoms with Gasteiger partial charge in [-0.1, -0.05) is 41.6 Å². The molecule has 0 saturated heterocycles. The maximum absolute atomic E-state index is 11.8. The Morgan fingerprint density at radius 1 is 1.45 bits per heavy atom. The van der Waals surface area contributed by atoms with Gasteiger partial charge in [0.05, 0.1) is 0 Å². The van der Waals surface area contributed by atoms with Gasteiger partial charge in [0.2, 0.25) is 5.13 Å². The number of anilines is 1. The molecule has 8 heteroatoms. The van der Waals surface area contributed by atoms with Crippen LogP contribution in [0.25, 0.3) is 0 Å². The van der Waals surface area contributed by atoms with Gasteiger partial charge in [-0.05, 0) is 37.1 Å². The highest BCUT2D eigenvalue weighted by molar-refractivity contribution is 8.01. The van der Waals surface area contributed by atoms with Crippen molar-refractivity contribution in [2.75, 3.05) is 17.7 Å². The number of halogens is 1. The number of nitrogens with one attached hydrogen (secondary N) is 1. The van der Waals surface area contributed by atoms with Crippen LogP contribution < -0.4 is 10.1 Å². The number of hydrogen-bond donors (Lipinski definition) is 1. The third-order valence-electron chi connectivity index (χ3n) is 2.58. The molecule has 1 aromatic carbocycles. The van der Waals surface area contributed by atoms with Crippen molar-refractivity contribution in [1.29, 1.82) is 0 Å². The van der Waals surface area contributed by atoms with E-state index >= 15 is 0 Å². The average molecular weight is 358 g/mol. The summed E-state index contributed by atoms with van der Waals surface area (Å²) in [7, 11) is 0. The van der Waals surface area contributed by atoms with E-state index in [1.807, 2.05) is 6.92 Å². The van der Waals surface area contributed by atoms with Crippen LogP contribution in [0, 0.1) is 6.92 Å². The zero-order valence-corrected chi connectivity index (χ0v) is 14.6. The molecule has 0 atom stereocenters. The summed E-state index contributed by atoms with van der Waals surface area (Å²) in [6, 6.07) is 5.26. The molecule has 1 amide bonds. The first kappa shape index (κ1) is 17.1. The van der Waals surface area contributed by atoms with Crippen LogP contribution in [0.15, 0.2) is 22.5 Å². The van der Waals surface area contributed by atoms with Crippen LogP contribution in [0.1, 0.15) is 18.9 Å². The summed E-state index contributed by atoms with van der Waals surface area (Å²) >= 11 is 8.93. The zero-order valence-electron chi connectivity index (χ0n) is 12.3. The lowest BCUT2D eigenvalue weighted by molar-refractivity contribution is -0.118. The molecular formula is C14H16ClN3O2S2. The second-order valence-corrected chi connectivity index (χ2v) is 7.20. The smallest absolute Gasteiger partial charge is 0.264 e. The van der Waals surface area contributed by atoms with Crippen molar-refractivity contribution in [3.8, 4) is 5.75 Å². The van der Waals surface area contributed by atoms with E-state index in [4.69, 9.17) is 16.3 Å². The van der Waals surface area contributed by atoms with Crippen molar-refractivity contribution in [3.05, 3.63) is 28.8 Å². The van der Waals surface area contributed by atoms with Gasteiger partial charge in [-0.15, -0.1) is 10.2 Å². The number of amides is 1. The van der Waals surface area contributed by atoms with E-state index < -0.39 is 0 Å². The maximum atomic E-state index is 11.8. The molecule has 1 heterocycles. The second-order valence-electron chi connectivity index (χ2n) is 4.47. The van der Waals surface area contributed by atoms with Crippen LogP contribution >= 0.6 is 34.7 Å². The number of carbonyl (C=O) groups is 1. The lowest BCUT2D eigenvalue weighted by Crippen LogP contribution is -2.20. The minimum atomic E-state index is -0.268. The molecule has 0 aliphatic heterocycles. The monoisotopic (exact) mass is 357 g/mol. The van der Waals surface area contributed by atoms with Crippen molar-refractivity contribution >= 4 is 45.7 Å². The molecule has 5 nitrogen and oxygen atoms in total. The highest BCUT2D eigenvalue weighted by Crippen LogP contribution is 2.26. The Labute approximate surface area is 142 Å². The third-order valence-corrected chi connectivity index (χ3v) is 5.18. The molecule has 0 unspecified atom stereocenters. The molecule has 0 aliphatic carbocycles. The minimum Gasteiger partial charge on any atom is -0.484 e. The standard InChI is InChI=1S/C14H16ClN3O2S2/c1-3-6-21-14-18-17-13(22-14)16-12(19)8-20-10-4-5-11(15)9(2)7-10/h4-5,7H,3,6,8H2,1-2H3,(H,16,17,19). The lowest BCUT2D eigenvalue weighted by Gasteiger charge is -2.07. The quantitative estimate of drug-likeness (QED) is 0.599. The van der Waals surface area contributed by atoms with E-state index in [2.05, 4.69) is 22.4 Å². The molecular weight excluding hydrogens is 342 g/mol. The van der Waals surface area contributed by atoms with Gasteiger partial charge in [0.25, 0.3) is 5.91 Å². The summed E-state index contributed by atoms with van der Waals surface area (Å²) in [5.41, 5.74) is 0.904. The SMILES string of the molecule is CCCSc1nnc(NC(=O)COc2ccc(Cl)c(C)c2)s1. The van der Waals surface area contributed by atoms with Gasteiger partial charge in [0.1, 0.15) is 5.75 Å². The third kappa shape index (κ3) is 5.15. The first-order valence-corrected chi connectivity index (χ1v) is 8.91. The van der Waals surface area contributed by atoms with Crippen LogP contribution in [0.2, 0.25) is 5.02 Å². The van der Waals surface area contributed by atoms with E-state index in [-0.39, 0.29) is 12.5 Å². The number of aromatic nitrogens is 2. The lowest BCUT2D eigenvalue weighted by atomic mass is 10.2. The average Bonchev–Trinajstić information content (AvgIpc) is 2.94. The Kier molecular flexibility index (Phi) is 6.48. The van der Waals surface area contributed by atoms with Crippen LogP contribution in [0.4, 0.5) is 5.13 Å². The number of rotatable bonds is 7. The molecule has 0 aliphatic rings. The minimum absolute atomic E-state index is 0.0852. The number of nitrogens with zero attached hydrogens (tertiary/aromatic N) is 2. The number of ether oxygens (including phenoxy) is 1. The van der Waals surface area contributed by atoms with Crippen molar-refractivity contribution in [1.82, 2.24) is 10.2 Å². The molecule has 0 bridgehead atoms. The van der Waals surface area contributed by atoms with E-state index in [9.17, 15) is 4.79 Å². The van der Waals surface area contributed by atoms with Crippen molar-refractivity contribution in [3.63, 3.8) is 0 Å². The normalized spacial score (nSPS) is 10.5. The van der Waals surface area contributed by atoms with Gasteiger partial charge in [-0.3, -0.25) is 10.1 Å². The largest absolute Gasteiger partial charge is 0.484 e. The number of aryl methyl sites for hydroxylation is 1. The van der Waals surface area contributed by atoms with Crippen LogP contribution in [0.5, 0.6) is 5.75 Å². The Morgan fingerprint density at radius 3 is 3.00 bits per heavy atom. The zero-order chi connectivity index (χ0) is 15.9. The molecule has 22 heavy (non-hydrogen) atoms. The topological polar surface area (TPSA) is 64.1 Å². The molecule has 1 aromatic heterocycles. The molecule has 0 saturated carbocycles. The van der Waals surface area contributed by atoms with E-state index in [1.54, 1.807) is 30.0 Å². The Morgan fingerprint density at radius 2 is 2.27 bits per heavy atom.